The van der Waals surface area contributed by atoms with Crippen molar-refractivity contribution in [2.75, 3.05) is 19.8 Å². The Balaban J connectivity index is 2.17. The van der Waals surface area contributed by atoms with E-state index in [9.17, 15) is 4.79 Å². The summed E-state index contributed by atoms with van der Waals surface area (Å²) in [6.45, 7) is 6.99. The summed E-state index contributed by atoms with van der Waals surface area (Å²) in [6.07, 6.45) is 1.02. The summed E-state index contributed by atoms with van der Waals surface area (Å²) in [4.78, 5) is 14.1. The number of morpholine rings is 1. The maximum Gasteiger partial charge on any atom is 0.410 e. The molecule has 0 aromatic heterocycles. The lowest BCUT2D eigenvalue weighted by atomic mass is 10.0. The first-order valence-corrected chi connectivity index (χ1v) is 7.25. The van der Waals surface area contributed by atoms with E-state index in [1.807, 2.05) is 45.0 Å². The summed E-state index contributed by atoms with van der Waals surface area (Å²) in [6, 6.07) is 7.28. The van der Waals surface area contributed by atoms with E-state index in [1.165, 1.54) is 6.21 Å². The van der Waals surface area contributed by atoms with E-state index in [-0.39, 0.29) is 12.1 Å². The molecule has 0 spiro atoms. The first-order valence-electron chi connectivity index (χ1n) is 7.25. The van der Waals surface area contributed by atoms with Gasteiger partial charge in [0.2, 0.25) is 0 Å². The maximum absolute atomic E-state index is 12.4. The van der Waals surface area contributed by atoms with Crippen LogP contribution in [0.4, 0.5) is 4.79 Å². The van der Waals surface area contributed by atoms with Crippen molar-refractivity contribution in [1.82, 2.24) is 4.90 Å². The van der Waals surface area contributed by atoms with Crippen LogP contribution in [-0.4, -0.2) is 47.8 Å². The molecule has 1 aliphatic rings. The van der Waals surface area contributed by atoms with Gasteiger partial charge in [-0.15, -0.1) is 0 Å². The molecule has 0 radical (unpaired) electrons. The molecule has 1 amide bonds. The van der Waals surface area contributed by atoms with Crippen LogP contribution in [0.25, 0.3) is 0 Å². The number of nitrogens with zero attached hydrogens (tertiary/aromatic N) is 2. The topological polar surface area (TPSA) is 71.4 Å². The highest BCUT2D eigenvalue weighted by Crippen LogP contribution is 2.26. The molecule has 1 aromatic carbocycles. The number of hydrogen-bond donors (Lipinski definition) is 1. The minimum atomic E-state index is -0.526. The summed E-state index contributed by atoms with van der Waals surface area (Å²) in [7, 11) is 0. The van der Waals surface area contributed by atoms with Gasteiger partial charge < -0.3 is 14.7 Å². The Morgan fingerprint density at radius 1 is 1.41 bits per heavy atom. The van der Waals surface area contributed by atoms with Crippen molar-refractivity contribution in [2.45, 2.75) is 32.4 Å². The molecule has 1 aliphatic heterocycles. The normalized spacial score (nSPS) is 19.4. The fraction of sp³-hybridized carbons (Fsp3) is 0.500. The van der Waals surface area contributed by atoms with Gasteiger partial charge in [-0.3, -0.25) is 4.90 Å². The smallest absolute Gasteiger partial charge is 0.410 e. The van der Waals surface area contributed by atoms with Gasteiger partial charge in [-0.25, -0.2) is 4.79 Å². The zero-order valence-electron chi connectivity index (χ0n) is 13.2. The minimum absolute atomic E-state index is 0.177. The molecule has 1 N–H and O–H groups in total. The number of benzene rings is 1. The number of carbonyl (C=O) groups is 1. The van der Waals surface area contributed by atoms with Gasteiger partial charge in [0.1, 0.15) is 5.60 Å². The van der Waals surface area contributed by atoms with E-state index in [0.29, 0.717) is 19.8 Å². The highest BCUT2D eigenvalue weighted by Gasteiger charge is 2.31. The number of ether oxygens (including phenoxy) is 2. The highest BCUT2D eigenvalue weighted by atomic mass is 16.6. The third-order valence-electron chi connectivity index (χ3n) is 3.28. The van der Waals surface area contributed by atoms with Crippen molar-refractivity contribution >= 4 is 12.3 Å². The van der Waals surface area contributed by atoms with E-state index < -0.39 is 5.60 Å². The molecule has 6 heteroatoms. The number of rotatable bonds is 2. The van der Waals surface area contributed by atoms with Crippen LogP contribution < -0.4 is 0 Å². The van der Waals surface area contributed by atoms with Crippen LogP contribution in [0.3, 0.4) is 0 Å². The van der Waals surface area contributed by atoms with Gasteiger partial charge in [-0.05, 0) is 31.9 Å². The molecule has 1 fully saturated rings. The number of oxime groups is 1. The maximum atomic E-state index is 12.4. The predicted octanol–water partition coefficient (Wildman–Crippen LogP) is 2.80. The largest absolute Gasteiger partial charge is 0.444 e. The molecule has 0 bridgehead atoms. The lowest BCUT2D eigenvalue weighted by Crippen LogP contribution is -2.45. The van der Waals surface area contributed by atoms with E-state index >= 15 is 0 Å². The lowest BCUT2D eigenvalue weighted by molar-refractivity contribution is -0.0331. The van der Waals surface area contributed by atoms with Crippen LogP contribution in [0.2, 0.25) is 0 Å². The zero-order chi connectivity index (χ0) is 16.2. The summed E-state index contributed by atoms with van der Waals surface area (Å²) < 4.78 is 11.0. The van der Waals surface area contributed by atoms with Crippen molar-refractivity contribution in [3.63, 3.8) is 0 Å². The molecule has 1 atom stereocenters. The fourth-order valence-corrected chi connectivity index (χ4v) is 2.29. The van der Waals surface area contributed by atoms with Crippen LogP contribution in [0.5, 0.6) is 0 Å². The first kappa shape index (κ1) is 16.3. The molecular weight excluding hydrogens is 284 g/mol. The van der Waals surface area contributed by atoms with Gasteiger partial charge in [-0.2, -0.15) is 0 Å². The molecule has 0 saturated carbocycles. The summed E-state index contributed by atoms with van der Waals surface area (Å²) >= 11 is 0. The summed E-state index contributed by atoms with van der Waals surface area (Å²) in [5.41, 5.74) is 1.22. The first-order chi connectivity index (χ1) is 10.4. The highest BCUT2D eigenvalue weighted by molar-refractivity contribution is 5.79. The fourth-order valence-electron chi connectivity index (χ4n) is 2.29. The average molecular weight is 306 g/mol. The van der Waals surface area contributed by atoms with Gasteiger partial charge in [0.25, 0.3) is 0 Å². The Labute approximate surface area is 130 Å². The predicted molar refractivity (Wildman–Crippen MR) is 82.3 cm³/mol. The Morgan fingerprint density at radius 2 is 2.09 bits per heavy atom. The third kappa shape index (κ3) is 4.21. The second-order valence-electron chi connectivity index (χ2n) is 6.18. The molecule has 120 valence electrons. The van der Waals surface area contributed by atoms with Crippen molar-refractivity contribution < 1.29 is 19.5 Å². The SMILES string of the molecule is CC(C)(C)OC(=O)N1CCOC[C@H]1c1ccc(C=NO)cc1. The quantitative estimate of drug-likeness (QED) is 0.518. The number of hydrogen-bond acceptors (Lipinski definition) is 5. The van der Waals surface area contributed by atoms with Crippen LogP contribution in [0.1, 0.15) is 37.9 Å². The van der Waals surface area contributed by atoms with Crippen LogP contribution in [-0.2, 0) is 9.47 Å². The van der Waals surface area contributed by atoms with E-state index in [0.717, 1.165) is 11.1 Å². The van der Waals surface area contributed by atoms with Gasteiger partial charge >= 0.3 is 6.09 Å². The standard InChI is InChI=1S/C16H22N2O4/c1-16(2,3)22-15(19)18-8-9-21-11-14(18)13-6-4-12(5-7-13)10-17-20/h4-7,10,14,20H,8-9,11H2,1-3H3/t14-/m0/s1. The van der Waals surface area contributed by atoms with Crippen LogP contribution in [0, 0.1) is 0 Å². The van der Waals surface area contributed by atoms with Gasteiger partial charge in [0, 0.05) is 6.54 Å². The zero-order valence-corrected chi connectivity index (χ0v) is 13.2. The van der Waals surface area contributed by atoms with Gasteiger partial charge in [0.15, 0.2) is 0 Å². The molecule has 1 saturated heterocycles. The molecule has 0 aliphatic carbocycles. The Morgan fingerprint density at radius 3 is 2.68 bits per heavy atom. The van der Waals surface area contributed by atoms with E-state index in [4.69, 9.17) is 14.7 Å². The molecule has 22 heavy (non-hydrogen) atoms. The van der Waals surface area contributed by atoms with Crippen molar-refractivity contribution in [1.29, 1.82) is 0 Å². The molecule has 6 nitrogen and oxygen atoms in total. The van der Waals surface area contributed by atoms with Crippen LogP contribution >= 0.6 is 0 Å². The molecule has 1 aromatic rings. The summed E-state index contributed by atoms with van der Waals surface area (Å²) in [5.74, 6) is 0. The van der Waals surface area contributed by atoms with E-state index in [1.54, 1.807) is 4.90 Å². The van der Waals surface area contributed by atoms with Crippen molar-refractivity contribution in [3.8, 4) is 0 Å². The summed E-state index contributed by atoms with van der Waals surface area (Å²) in [5, 5.41) is 11.5. The molecule has 2 rings (SSSR count). The Bertz CT molecular complexity index is 534. The van der Waals surface area contributed by atoms with Gasteiger partial charge in [0.05, 0.1) is 25.5 Å². The second-order valence-corrected chi connectivity index (χ2v) is 6.18. The van der Waals surface area contributed by atoms with Crippen molar-refractivity contribution in [3.05, 3.63) is 35.4 Å². The van der Waals surface area contributed by atoms with E-state index in [2.05, 4.69) is 5.16 Å². The third-order valence-corrected chi connectivity index (χ3v) is 3.28. The van der Waals surface area contributed by atoms with Gasteiger partial charge in [-0.1, -0.05) is 29.4 Å². The van der Waals surface area contributed by atoms with Crippen LogP contribution in [0.15, 0.2) is 29.4 Å². The lowest BCUT2D eigenvalue weighted by Gasteiger charge is -2.36. The monoisotopic (exact) mass is 306 g/mol. The number of amides is 1. The second kappa shape index (κ2) is 6.79. The Kier molecular flexibility index (Phi) is 5.03. The number of carbonyl (C=O) groups excluding carboxylic acids is 1. The molecule has 0 unspecified atom stereocenters. The minimum Gasteiger partial charge on any atom is -0.444 e. The molecular formula is C16H22N2O4. The molecule has 1 heterocycles. The van der Waals surface area contributed by atoms with Crippen molar-refractivity contribution in [2.24, 2.45) is 5.16 Å². The Hall–Kier alpha value is -2.08. The average Bonchev–Trinajstić information content (AvgIpc) is 2.47.